The average Bonchev–Trinajstić information content (AvgIpc) is 2.32. The van der Waals surface area contributed by atoms with Crippen molar-refractivity contribution in [2.75, 3.05) is 6.61 Å². The minimum absolute atomic E-state index is 0.127. The minimum Gasteiger partial charge on any atom is -0.469 e. The summed E-state index contributed by atoms with van der Waals surface area (Å²) >= 11 is 0. The van der Waals surface area contributed by atoms with Crippen molar-refractivity contribution < 1.29 is 17.9 Å². The van der Waals surface area contributed by atoms with Crippen LogP contribution < -0.4 is 4.74 Å². The first-order chi connectivity index (χ1) is 5.08. The first kappa shape index (κ1) is 7.97. The van der Waals surface area contributed by atoms with Crippen LogP contribution in [0.3, 0.4) is 0 Å². The molecule has 0 bridgehead atoms. The lowest BCUT2D eigenvalue weighted by Crippen LogP contribution is -2.19. The molecule has 0 fully saturated rings. The highest BCUT2D eigenvalue weighted by Gasteiger charge is 2.28. The van der Waals surface area contributed by atoms with Gasteiger partial charge in [-0.3, -0.25) is 0 Å². The van der Waals surface area contributed by atoms with E-state index in [4.69, 9.17) is 0 Å². The number of ether oxygens (including phenoxy) is 1. The van der Waals surface area contributed by atoms with Crippen molar-refractivity contribution in [2.45, 2.75) is 6.18 Å². The molecule has 0 amide bonds. The van der Waals surface area contributed by atoms with Crippen LogP contribution in [0.4, 0.5) is 13.2 Å². The maximum atomic E-state index is 11.5. The van der Waals surface area contributed by atoms with Gasteiger partial charge < -0.3 is 9.72 Å². The zero-order valence-electron chi connectivity index (χ0n) is 5.48. The van der Waals surface area contributed by atoms with Gasteiger partial charge in [-0.05, 0) is 12.1 Å². The van der Waals surface area contributed by atoms with Crippen molar-refractivity contribution in [3.8, 4) is 5.88 Å². The van der Waals surface area contributed by atoms with Crippen molar-refractivity contribution >= 4 is 0 Å². The molecule has 0 aromatic carbocycles. The van der Waals surface area contributed by atoms with Crippen LogP contribution in [-0.2, 0) is 0 Å². The van der Waals surface area contributed by atoms with Crippen molar-refractivity contribution in [3.63, 3.8) is 0 Å². The number of hydrogen-bond donors (Lipinski definition) is 1. The summed E-state index contributed by atoms with van der Waals surface area (Å²) in [6.45, 7) is -1.26. The second-order valence-corrected chi connectivity index (χ2v) is 1.94. The molecule has 1 rings (SSSR count). The molecule has 0 atom stereocenters. The highest BCUT2D eigenvalue weighted by molar-refractivity contribution is 5.09. The van der Waals surface area contributed by atoms with E-state index in [0.29, 0.717) is 0 Å². The summed E-state index contributed by atoms with van der Waals surface area (Å²) in [4.78, 5) is 2.49. The van der Waals surface area contributed by atoms with Gasteiger partial charge in [-0.15, -0.1) is 0 Å². The highest BCUT2D eigenvalue weighted by Crippen LogP contribution is 2.16. The molecular formula is C6H6F3NO. The van der Waals surface area contributed by atoms with Crippen LogP contribution in [0.5, 0.6) is 5.88 Å². The van der Waals surface area contributed by atoms with Gasteiger partial charge >= 0.3 is 6.18 Å². The molecule has 0 aliphatic carbocycles. The van der Waals surface area contributed by atoms with E-state index in [0.717, 1.165) is 0 Å². The van der Waals surface area contributed by atoms with Crippen LogP contribution in [-0.4, -0.2) is 17.8 Å². The second-order valence-electron chi connectivity index (χ2n) is 1.94. The molecule has 0 saturated heterocycles. The quantitative estimate of drug-likeness (QED) is 0.711. The predicted octanol–water partition coefficient (Wildman–Crippen LogP) is 1.96. The van der Waals surface area contributed by atoms with Crippen molar-refractivity contribution in [2.24, 2.45) is 0 Å². The Morgan fingerprint density at radius 1 is 1.45 bits per heavy atom. The Morgan fingerprint density at radius 3 is 2.64 bits per heavy atom. The molecule has 0 spiro atoms. The molecule has 1 aromatic heterocycles. The Balaban J connectivity index is 2.35. The van der Waals surface area contributed by atoms with E-state index in [9.17, 15) is 13.2 Å². The fourth-order valence-electron chi connectivity index (χ4n) is 0.563. The van der Waals surface area contributed by atoms with E-state index < -0.39 is 12.8 Å². The lowest BCUT2D eigenvalue weighted by Gasteiger charge is -2.06. The smallest absolute Gasteiger partial charge is 0.422 e. The SMILES string of the molecule is FC(F)(F)COc1ccc[nH]1. The number of halogens is 3. The summed E-state index contributed by atoms with van der Waals surface area (Å²) in [7, 11) is 0. The molecule has 0 radical (unpaired) electrons. The van der Waals surface area contributed by atoms with Crippen LogP contribution in [0.2, 0.25) is 0 Å². The lowest BCUT2D eigenvalue weighted by molar-refractivity contribution is -0.154. The molecule has 0 unspecified atom stereocenters. The van der Waals surface area contributed by atoms with Gasteiger partial charge in [-0.2, -0.15) is 13.2 Å². The van der Waals surface area contributed by atoms with Gasteiger partial charge in [0, 0.05) is 6.20 Å². The summed E-state index contributed by atoms with van der Waals surface area (Å²) in [6.07, 6.45) is -2.78. The maximum absolute atomic E-state index is 11.5. The topological polar surface area (TPSA) is 25.0 Å². The number of nitrogens with one attached hydrogen (secondary N) is 1. The van der Waals surface area contributed by atoms with Gasteiger partial charge in [0.25, 0.3) is 0 Å². The maximum Gasteiger partial charge on any atom is 0.422 e. The van der Waals surface area contributed by atoms with E-state index in [2.05, 4.69) is 9.72 Å². The van der Waals surface area contributed by atoms with Crippen molar-refractivity contribution in [1.29, 1.82) is 0 Å². The third kappa shape index (κ3) is 2.97. The summed E-state index contributed by atoms with van der Waals surface area (Å²) in [6, 6.07) is 2.98. The number of alkyl halides is 3. The summed E-state index contributed by atoms with van der Waals surface area (Å²) in [5, 5.41) is 0. The number of rotatable bonds is 2. The van der Waals surface area contributed by atoms with E-state index in [1.807, 2.05) is 0 Å². The summed E-state index contributed by atoms with van der Waals surface area (Å²) < 4.78 is 38.9. The van der Waals surface area contributed by atoms with Crippen LogP contribution in [0, 0.1) is 0 Å². The number of aromatic amines is 1. The van der Waals surface area contributed by atoms with Crippen LogP contribution >= 0.6 is 0 Å². The normalized spacial score (nSPS) is 11.5. The Bertz CT molecular complexity index is 204. The van der Waals surface area contributed by atoms with Crippen molar-refractivity contribution in [3.05, 3.63) is 18.3 Å². The molecule has 0 aliphatic rings. The second kappa shape index (κ2) is 2.86. The zero-order valence-corrected chi connectivity index (χ0v) is 5.48. The molecule has 1 aromatic rings. The minimum atomic E-state index is -4.27. The molecule has 11 heavy (non-hydrogen) atoms. The summed E-state index contributed by atoms with van der Waals surface area (Å²) in [5.41, 5.74) is 0. The zero-order chi connectivity index (χ0) is 8.32. The Morgan fingerprint density at radius 2 is 2.18 bits per heavy atom. The fourth-order valence-corrected chi connectivity index (χ4v) is 0.563. The predicted molar refractivity (Wildman–Crippen MR) is 32.3 cm³/mol. The fraction of sp³-hybridized carbons (Fsp3) is 0.333. The highest BCUT2D eigenvalue weighted by atomic mass is 19.4. The van der Waals surface area contributed by atoms with Gasteiger partial charge in [0.1, 0.15) is 0 Å². The third-order valence-corrected chi connectivity index (χ3v) is 0.961. The third-order valence-electron chi connectivity index (χ3n) is 0.961. The van der Waals surface area contributed by atoms with Gasteiger partial charge in [0.05, 0.1) is 0 Å². The van der Waals surface area contributed by atoms with E-state index in [1.165, 1.54) is 12.3 Å². The van der Waals surface area contributed by atoms with Crippen LogP contribution in [0.1, 0.15) is 0 Å². The lowest BCUT2D eigenvalue weighted by atomic mass is 10.6. The average molecular weight is 165 g/mol. The first-order valence-electron chi connectivity index (χ1n) is 2.91. The van der Waals surface area contributed by atoms with E-state index >= 15 is 0 Å². The molecule has 0 saturated carbocycles. The van der Waals surface area contributed by atoms with Gasteiger partial charge in [-0.1, -0.05) is 0 Å². The number of hydrogen-bond acceptors (Lipinski definition) is 1. The van der Waals surface area contributed by atoms with E-state index in [1.54, 1.807) is 6.07 Å². The number of aromatic nitrogens is 1. The van der Waals surface area contributed by atoms with Gasteiger partial charge in [0.2, 0.25) is 0 Å². The first-order valence-corrected chi connectivity index (χ1v) is 2.91. The molecule has 5 heteroatoms. The molecular weight excluding hydrogens is 159 g/mol. The largest absolute Gasteiger partial charge is 0.469 e. The molecule has 0 aliphatic heterocycles. The molecule has 62 valence electrons. The monoisotopic (exact) mass is 165 g/mol. The van der Waals surface area contributed by atoms with E-state index in [-0.39, 0.29) is 5.88 Å². The molecule has 1 N–H and O–H groups in total. The van der Waals surface area contributed by atoms with Crippen molar-refractivity contribution in [1.82, 2.24) is 4.98 Å². The van der Waals surface area contributed by atoms with Gasteiger partial charge in [-0.25, -0.2) is 0 Å². The Hall–Kier alpha value is -1.13. The van der Waals surface area contributed by atoms with Gasteiger partial charge in [0.15, 0.2) is 12.5 Å². The Labute approximate surface area is 61.0 Å². The van der Waals surface area contributed by atoms with Crippen LogP contribution in [0.25, 0.3) is 0 Å². The summed E-state index contributed by atoms with van der Waals surface area (Å²) in [5.74, 6) is 0.127. The molecule has 2 nitrogen and oxygen atoms in total. The molecule has 1 heterocycles. The Kier molecular flexibility index (Phi) is 2.07. The van der Waals surface area contributed by atoms with Crippen LogP contribution in [0.15, 0.2) is 18.3 Å². The standard InChI is InChI=1S/C6H6F3NO/c7-6(8,9)4-11-5-2-1-3-10-5/h1-3,10H,4H2. The number of H-pyrrole nitrogens is 1.